The summed E-state index contributed by atoms with van der Waals surface area (Å²) in [5.74, 6) is 0.612. The summed E-state index contributed by atoms with van der Waals surface area (Å²) in [5, 5.41) is 17.0. The molecule has 0 N–H and O–H groups in total. The summed E-state index contributed by atoms with van der Waals surface area (Å²) >= 11 is 0. The van der Waals surface area contributed by atoms with Gasteiger partial charge in [-0.05, 0) is 50.6 Å². The monoisotopic (exact) mass is 356 g/mol. The molecule has 0 aliphatic heterocycles. The molecule has 0 amide bonds. The third-order valence-corrected chi connectivity index (χ3v) is 3.96. The predicted molar refractivity (Wildman–Crippen MR) is 95.9 cm³/mol. The minimum Gasteiger partial charge on any atom is -0.465 e. The van der Waals surface area contributed by atoms with Gasteiger partial charge < -0.3 is 9.15 Å². The standard InChI is InChI=1S/C19H24N4O3/c1-4-11-23(16(5-2)19(24)25-6-3)13-17-21-22-18(26-17)15-9-7-14(12-20)8-10-15/h7-10,16H,4-6,11,13H2,1-3H3. The van der Waals surface area contributed by atoms with Crippen LogP contribution in [0.2, 0.25) is 0 Å². The van der Waals surface area contributed by atoms with Crippen molar-refractivity contribution < 1.29 is 13.9 Å². The molecule has 0 aliphatic rings. The molecule has 2 rings (SSSR count). The molecule has 2 aromatic rings. The minimum absolute atomic E-state index is 0.227. The van der Waals surface area contributed by atoms with Crippen LogP contribution in [0.25, 0.3) is 11.5 Å². The smallest absolute Gasteiger partial charge is 0.323 e. The van der Waals surface area contributed by atoms with Gasteiger partial charge >= 0.3 is 5.97 Å². The average molecular weight is 356 g/mol. The highest BCUT2D eigenvalue weighted by Crippen LogP contribution is 2.20. The van der Waals surface area contributed by atoms with Crippen molar-refractivity contribution in [3.63, 3.8) is 0 Å². The fourth-order valence-electron chi connectivity index (χ4n) is 2.74. The minimum atomic E-state index is -0.333. The van der Waals surface area contributed by atoms with Crippen LogP contribution in [0.1, 0.15) is 45.1 Å². The molecular weight excluding hydrogens is 332 g/mol. The van der Waals surface area contributed by atoms with Crippen LogP contribution in [0.3, 0.4) is 0 Å². The number of ether oxygens (including phenoxy) is 1. The Morgan fingerprint density at radius 3 is 2.58 bits per heavy atom. The van der Waals surface area contributed by atoms with Crippen LogP contribution in [-0.4, -0.2) is 40.3 Å². The van der Waals surface area contributed by atoms with Crippen molar-refractivity contribution in [2.75, 3.05) is 13.2 Å². The lowest BCUT2D eigenvalue weighted by molar-refractivity contribution is -0.150. The fourth-order valence-corrected chi connectivity index (χ4v) is 2.74. The van der Waals surface area contributed by atoms with E-state index in [0.717, 1.165) is 18.5 Å². The van der Waals surface area contributed by atoms with E-state index in [0.29, 0.717) is 36.9 Å². The third-order valence-electron chi connectivity index (χ3n) is 3.96. The van der Waals surface area contributed by atoms with Crippen molar-refractivity contribution in [1.29, 1.82) is 5.26 Å². The second-order valence-electron chi connectivity index (χ2n) is 5.84. The van der Waals surface area contributed by atoms with Gasteiger partial charge in [0, 0.05) is 5.56 Å². The summed E-state index contributed by atoms with van der Waals surface area (Å²) < 4.78 is 10.9. The number of hydrogen-bond acceptors (Lipinski definition) is 7. The first kappa shape index (κ1) is 19.6. The molecule has 1 aromatic heterocycles. The van der Waals surface area contributed by atoms with E-state index in [-0.39, 0.29) is 12.0 Å². The molecule has 26 heavy (non-hydrogen) atoms. The first-order valence-electron chi connectivity index (χ1n) is 8.86. The summed E-state index contributed by atoms with van der Waals surface area (Å²) in [6.07, 6.45) is 1.54. The van der Waals surface area contributed by atoms with Crippen molar-refractivity contribution in [1.82, 2.24) is 15.1 Å². The number of aromatic nitrogens is 2. The summed E-state index contributed by atoms with van der Waals surface area (Å²) in [6, 6.07) is 8.69. The zero-order valence-corrected chi connectivity index (χ0v) is 15.4. The van der Waals surface area contributed by atoms with E-state index in [1.54, 1.807) is 31.2 Å². The van der Waals surface area contributed by atoms with E-state index < -0.39 is 0 Å². The molecule has 0 aliphatic carbocycles. The maximum absolute atomic E-state index is 12.2. The van der Waals surface area contributed by atoms with Gasteiger partial charge in [-0.1, -0.05) is 13.8 Å². The maximum Gasteiger partial charge on any atom is 0.323 e. The number of esters is 1. The first-order chi connectivity index (χ1) is 12.6. The number of benzene rings is 1. The number of nitrogens with zero attached hydrogens (tertiary/aromatic N) is 4. The lowest BCUT2D eigenvalue weighted by atomic mass is 10.1. The van der Waals surface area contributed by atoms with Gasteiger partial charge in [0.1, 0.15) is 6.04 Å². The van der Waals surface area contributed by atoms with Crippen molar-refractivity contribution in [3.05, 3.63) is 35.7 Å². The van der Waals surface area contributed by atoms with Crippen LogP contribution < -0.4 is 0 Å². The molecule has 0 bridgehead atoms. The van der Waals surface area contributed by atoms with E-state index in [9.17, 15) is 4.79 Å². The number of hydrogen-bond donors (Lipinski definition) is 0. The highest BCUT2D eigenvalue weighted by molar-refractivity contribution is 5.75. The SMILES string of the molecule is CCCN(Cc1nnc(-c2ccc(C#N)cc2)o1)C(CC)C(=O)OCC. The Morgan fingerprint density at radius 1 is 1.27 bits per heavy atom. The van der Waals surface area contributed by atoms with Crippen molar-refractivity contribution in [3.8, 4) is 17.5 Å². The lowest BCUT2D eigenvalue weighted by Gasteiger charge is -2.27. The van der Waals surface area contributed by atoms with Crippen LogP contribution in [0.4, 0.5) is 0 Å². The Bertz CT molecular complexity index is 749. The molecule has 1 aromatic carbocycles. The molecule has 0 saturated heterocycles. The fraction of sp³-hybridized carbons (Fsp3) is 0.474. The van der Waals surface area contributed by atoms with Gasteiger partial charge in [-0.25, -0.2) is 0 Å². The van der Waals surface area contributed by atoms with Gasteiger partial charge in [-0.15, -0.1) is 10.2 Å². The van der Waals surface area contributed by atoms with Crippen LogP contribution in [0.5, 0.6) is 0 Å². The van der Waals surface area contributed by atoms with Crippen molar-refractivity contribution in [2.24, 2.45) is 0 Å². The Morgan fingerprint density at radius 2 is 2.00 bits per heavy atom. The zero-order chi connectivity index (χ0) is 18.9. The molecule has 1 atom stereocenters. The number of rotatable bonds is 9. The third kappa shape index (κ3) is 4.90. The van der Waals surface area contributed by atoms with Gasteiger partial charge in [0.2, 0.25) is 11.8 Å². The molecule has 0 spiro atoms. The maximum atomic E-state index is 12.2. The molecule has 0 radical (unpaired) electrons. The normalized spacial score (nSPS) is 12.0. The summed E-state index contributed by atoms with van der Waals surface area (Å²) in [7, 11) is 0. The number of nitriles is 1. The quantitative estimate of drug-likeness (QED) is 0.637. The van der Waals surface area contributed by atoms with Gasteiger partial charge in [0.15, 0.2) is 0 Å². The molecule has 7 heteroatoms. The summed E-state index contributed by atoms with van der Waals surface area (Å²) in [6.45, 7) is 7.29. The van der Waals surface area contributed by atoms with E-state index in [2.05, 4.69) is 23.2 Å². The Balaban J connectivity index is 2.14. The molecule has 138 valence electrons. The number of carbonyl (C=O) groups is 1. The first-order valence-corrected chi connectivity index (χ1v) is 8.86. The molecule has 0 fully saturated rings. The van der Waals surface area contributed by atoms with E-state index >= 15 is 0 Å². The average Bonchev–Trinajstić information content (AvgIpc) is 3.11. The molecular formula is C19H24N4O3. The number of carbonyl (C=O) groups excluding carboxylic acids is 1. The van der Waals surface area contributed by atoms with Gasteiger partial charge in [0.25, 0.3) is 0 Å². The Kier molecular flexibility index (Phi) is 7.30. The molecule has 1 unspecified atom stereocenters. The molecule has 1 heterocycles. The zero-order valence-electron chi connectivity index (χ0n) is 15.4. The van der Waals surface area contributed by atoms with Crippen LogP contribution in [0, 0.1) is 11.3 Å². The molecule has 7 nitrogen and oxygen atoms in total. The van der Waals surface area contributed by atoms with Crippen LogP contribution >= 0.6 is 0 Å². The van der Waals surface area contributed by atoms with Crippen LogP contribution in [0.15, 0.2) is 28.7 Å². The van der Waals surface area contributed by atoms with Crippen molar-refractivity contribution in [2.45, 2.75) is 46.2 Å². The molecule has 0 saturated carbocycles. The van der Waals surface area contributed by atoms with Gasteiger partial charge in [-0.2, -0.15) is 5.26 Å². The largest absolute Gasteiger partial charge is 0.465 e. The topological polar surface area (TPSA) is 92.3 Å². The Labute approximate surface area is 153 Å². The summed E-state index contributed by atoms with van der Waals surface area (Å²) in [5.41, 5.74) is 1.32. The van der Waals surface area contributed by atoms with Crippen LogP contribution in [-0.2, 0) is 16.1 Å². The lowest BCUT2D eigenvalue weighted by Crippen LogP contribution is -2.42. The second-order valence-corrected chi connectivity index (χ2v) is 5.84. The van der Waals surface area contributed by atoms with Gasteiger partial charge in [-0.3, -0.25) is 9.69 Å². The van der Waals surface area contributed by atoms with E-state index in [4.69, 9.17) is 14.4 Å². The highest BCUT2D eigenvalue weighted by Gasteiger charge is 2.26. The van der Waals surface area contributed by atoms with E-state index in [1.165, 1.54) is 0 Å². The van der Waals surface area contributed by atoms with Gasteiger partial charge in [0.05, 0.1) is 24.8 Å². The highest BCUT2D eigenvalue weighted by atomic mass is 16.5. The Hall–Kier alpha value is -2.72. The van der Waals surface area contributed by atoms with Crippen molar-refractivity contribution >= 4 is 5.97 Å². The summed E-state index contributed by atoms with van der Waals surface area (Å²) in [4.78, 5) is 14.2. The van der Waals surface area contributed by atoms with E-state index in [1.807, 2.05) is 11.8 Å². The second kappa shape index (κ2) is 9.68. The predicted octanol–water partition coefficient (Wildman–Crippen LogP) is 3.16.